The molecule has 2 heterocycles. The van der Waals surface area contributed by atoms with E-state index in [0.29, 0.717) is 18.8 Å². The largest absolute Gasteiger partial charge is 0.385 e. The van der Waals surface area contributed by atoms with Crippen molar-refractivity contribution >= 4 is 23.5 Å². The molecule has 3 rings (SSSR count). The fourth-order valence-corrected chi connectivity index (χ4v) is 4.33. The molecule has 1 aliphatic heterocycles. The minimum Gasteiger partial charge on any atom is -0.385 e. The minimum absolute atomic E-state index is 0.0364. The van der Waals surface area contributed by atoms with Crippen LogP contribution in [0.4, 0.5) is 0 Å². The highest BCUT2D eigenvalue weighted by Crippen LogP contribution is 2.29. The molecule has 1 fully saturated rings. The maximum absolute atomic E-state index is 13.6. The summed E-state index contributed by atoms with van der Waals surface area (Å²) in [6, 6.07) is 7.98. The number of aromatic nitrogens is 1. The maximum atomic E-state index is 13.6. The van der Waals surface area contributed by atoms with Gasteiger partial charge in [0.2, 0.25) is 11.8 Å². The van der Waals surface area contributed by atoms with Crippen molar-refractivity contribution in [2.24, 2.45) is 5.92 Å². The van der Waals surface area contributed by atoms with Crippen LogP contribution in [-0.4, -0.2) is 72.7 Å². The number of hydrogen-bond donors (Lipinski definition) is 3. The quantitative estimate of drug-likeness (QED) is 0.261. The lowest BCUT2D eigenvalue weighted by Gasteiger charge is -2.26. The number of benzene rings is 1. The smallest absolute Gasteiger partial charge is 0.274 e. The van der Waals surface area contributed by atoms with Crippen molar-refractivity contribution in [3.8, 4) is 0 Å². The number of nitrogens with one attached hydrogen (secondary N) is 3. The summed E-state index contributed by atoms with van der Waals surface area (Å²) >= 11 is 0. The highest BCUT2D eigenvalue weighted by Gasteiger charge is 2.50. The van der Waals surface area contributed by atoms with Crippen molar-refractivity contribution in [3.63, 3.8) is 0 Å². The summed E-state index contributed by atoms with van der Waals surface area (Å²) in [5.41, 5.74) is -0.0383. The lowest BCUT2D eigenvalue weighted by atomic mass is 9.93. The number of rotatable bonds is 16. The first-order valence-electron chi connectivity index (χ1n) is 14.0. The minimum atomic E-state index is -1.01. The third kappa shape index (κ3) is 9.22. The van der Waals surface area contributed by atoms with Crippen LogP contribution in [0.2, 0.25) is 0 Å². The summed E-state index contributed by atoms with van der Waals surface area (Å²) in [5, 5.41) is 12.2. The molecule has 4 atom stereocenters. The van der Waals surface area contributed by atoms with Gasteiger partial charge in [0.1, 0.15) is 23.4 Å². The SMILES string of the molecule is COCC[C@H](NC(=O)c1cc(C(C)C)on1)C(=O)N[C@@H](Cc1ccccc1)C(=O)N[C@@H](CC(C)C)C(=O)[C@@]1(C)CO1. The summed E-state index contributed by atoms with van der Waals surface area (Å²) in [4.78, 5) is 53.2. The number of methoxy groups -OCH3 is 1. The van der Waals surface area contributed by atoms with Crippen LogP contribution in [0.15, 0.2) is 40.9 Å². The molecule has 0 aliphatic carbocycles. The van der Waals surface area contributed by atoms with Gasteiger partial charge in [-0.05, 0) is 31.2 Å². The lowest BCUT2D eigenvalue weighted by Crippen LogP contribution is -2.57. The highest BCUT2D eigenvalue weighted by atomic mass is 16.6. The van der Waals surface area contributed by atoms with Crippen molar-refractivity contribution in [2.75, 3.05) is 20.3 Å². The molecule has 1 aromatic carbocycles. The molecule has 11 nitrogen and oxygen atoms in total. The Morgan fingerprint density at radius 1 is 0.976 bits per heavy atom. The molecule has 0 radical (unpaired) electrons. The molecule has 3 N–H and O–H groups in total. The van der Waals surface area contributed by atoms with E-state index in [0.717, 1.165) is 5.56 Å². The second-order valence-electron chi connectivity index (χ2n) is 11.4. The molecule has 0 unspecified atom stereocenters. The zero-order valence-electron chi connectivity index (χ0n) is 24.7. The molecule has 224 valence electrons. The van der Waals surface area contributed by atoms with E-state index in [2.05, 4.69) is 21.1 Å². The average molecular weight is 571 g/mol. The zero-order chi connectivity index (χ0) is 30.2. The standard InChI is InChI=1S/C30H42N4O7/c1-18(2)14-22(26(35)30(5)17-40-30)32-28(37)23(15-20-10-8-7-9-11-20)33-27(36)21(12-13-39-6)31-29(38)24-16-25(19(3)4)41-34-24/h7-11,16,18-19,21-23H,12-15,17H2,1-6H3,(H,31,38)(H,32,37)(H,33,36)/t21-,22-,23-,30+/m0/s1. The van der Waals surface area contributed by atoms with Crippen LogP contribution in [0.25, 0.3) is 0 Å². The van der Waals surface area contributed by atoms with E-state index in [4.69, 9.17) is 14.0 Å². The summed E-state index contributed by atoms with van der Waals surface area (Å²) in [7, 11) is 1.49. The summed E-state index contributed by atoms with van der Waals surface area (Å²) in [6.45, 7) is 9.96. The van der Waals surface area contributed by atoms with Gasteiger partial charge in [-0.2, -0.15) is 0 Å². The van der Waals surface area contributed by atoms with E-state index in [1.54, 1.807) is 6.92 Å². The first-order valence-corrected chi connectivity index (χ1v) is 14.0. The number of ketones is 1. The second-order valence-corrected chi connectivity index (χ2v) is 11.4. The van der Waals surface area contributed by atoms with Gasteiger partial charge in [-0.15, -0.1) is 0 Å². The Balaban J connectivity index is 1.79. The topological polar surface area (TPSA) is 152 Å². The Kier molecular flexibility index (Phi) is 11.2. The van der Waals surface area contributed by atoms with Gasteiger partial charge in [0, 0.05) is 32.1 Å². The molecule has 0 spiro atoms. The predicted molar refractivity (Wildman–Crippen MR) is 151 cm³/mol. The third-order valence-electron chi connectivity index (χ3n) is 6.92. The van der Waals surface area contributed by atoms with Crippen LogP contribution in [0.1, 0.15) is 75.2 Å². The second kappa shape index (κ2) is 14.4. The Hall–Kier alpha value is -3.57. The van der Waals surface area contributed by atoms with Crippen molar-refractivity contribution < 1.29 is 33.2 Å². The number of Topliss-reactive ketones (excluding diaryl/α,β-unsaturated/α-hetero) is 1. The van der Waals surface area contributed by atoms with Crippen LogP contribution >= 0.6 is 0 Å². The van der Waals surface area contributed by atoms with E-state index in [9.17, 15) is 19.2 Å². The molecule has 2 aromatic rings. The van der Waals surface area contributed by atoms with Gasteiger partial charge in [-0.1, -0.05) is 63.2 Å². The lowest BCUT2D eigenvalue weighted by molar-refractivity contribution is -0.133. The molecule has 0 bridgehead atoms. The number of carbonyl (C=O) groups is 4. The van der Waals surface area contributed by atoms with Gasteiger partial charge < -0.3 is 29.9 Å². The Bertz CT molecular complexity index is 1190. The Morgan fingerprint density at radius 3 is 2.17 bits per heavy atom. The molecule has 1 aliphatic rings. The molecule has 41 heavy (non-hydrogen) atoms. The number of hydrogen-bond acceptors (Lipinski definition) is 8. The number of ether oxygens (including phenoxy) is 2. The fraction of sp³-hybridized carbons (Fsp3) is 0.567. The van der Waals surface area contributed by atoms with Crippen LogP contribution in [-0.2, 0) is 30.3 Å². The molecular formula is C30H42N4O7. The molecule has 3 amide bonds. The Morgan fingerprint density at radius 2 is 1.61 bits per heavy atom. The molecular weight excluding hydrogens is 528 g/mol. The monoisotopic (exact) mass is 570 g/mol. The molecule has 1 saturated heterocycles. The van der Waals surface area contributed by atoms with Crippen LogP contribution in [0.5, 0.6) is 0 Å². The normalized spacial score (nSPS) is 18.4. The number of amides is 3. The molecule has 0 saturated carbocycles. The van der Waals surface area contributed by atoms with E-state index in [-0.39, 0.29) is 42.8 Å². The van der Waals surface area contributed by atoms with Gasteiger partial charge in [0.25, 0.3) is 5.91 Å². The number of carbonyl (C=O) groups excluding carboxylic acids is 4. The maximum Gasteiger partial charge on any atom is 0.274 e. The van der Waals surface area contributed by atoms with E-state index in [1.807, 2.05) is 58.0 Å². The predicted octanol–water partition coefficient (Wildman–Crippen LogP) is 2.55. The van der Waals surface area contributed by atoms with Crippen molar-refractivity contribution in [3.05, 3.63) is 53.4 Å². The summed E-state index contributed by atoms with van der Waals surface area (Å²) in [5.74, 6) is -1.12. The van der Waals surface area contributed by atoms with Gasteiger partial charge in [0.15, 0.2) is 11.5 Å². The van der Waals surface area contributed by atoms with Crippen LogP contribution in [0, 0.1) is 5.92 Å². The summed E-state index contributed by atoms with van der Waals surface area (Å²) < 4.78 is 15.7. The van der Waals surface area contributed by atoms with Crippen molar-refractivity contribution in [1.82, 2.24) is 21.1 Å². The number of epoxide rings is 1. The van der Waals surface area contributed by atoms with E-state index < -0.39 is 41.4 Å². The first-order chi connectivity index (χ1) is 19.4. The third-order valence-corrected chi connectivity index (χ3v) is 6.92. The first kappa shape index (κ1) is 32.0. The average Bonchev–Trinajstić information content (AvgIpc) is 3.48. The van der Waals surface area contributed by atoms with Crippen molar-refractivity contribution in [1.29, 1.82) is 0 Å². The number of nitrogens with zero attached hydrogens (tertiary/aromatic N) is 1. The Labute approximate surface area is 241 Å². The van der Waals surface area contributed by atoms with E-state index in [1.165, 1.54) is 13.2 Å². The molecule has 1 aromatic heterocycles. The fourth-order valence-electron chi connectivity index (χ4n) is 4.33. The van der Waals surface area contributed by atoms with Crippen LogP contribution in [0.3, 0.4) is 0 Å². The van der Waals surface area contributed by atoms with Gasteiger partial charge in [-0.25, -0.2) is 0 Å². The van der Waals surface area contributed by atoms with Crippen molar-refractivity contribution in [2.45, 2.75) is 83.5 Å². The highest BCUT2D eigenvalue weighted by molar-refractivity contribution is 5.99. The van der Waals surface area contributed by atoms with Crippen LogP contribution < -0.4 is 16.0 Å². The zero-order valence-corrected chi connectivity index (χ0v) is 24.7. The van der Waals surface area contributed by atoms with Gasteiger partial charge in [-0.3, -0.25) is 19.2 Å². The van der Waals surface area contributed by atoms with Gasteiger partial charge in [0.05, 0.1) is 12.6 Å². The van der Waals surface area contributed by atoms with Gasteiger partial charge >= 0.3 is 0 Å². The summed E-state index contributed by atoms with van der Waals surface area (Å²) in [6.07, 6.45) is 0.769. The molecule has 11 heteroatoms. The van der Waals surface area contributed by atoms with E-state index >= 15 is 0 Å².